The van der Waals surface area contributed by atoms with Gasteiger partial charge in [-0.15, -0.1) is 11.3 Å². The molecule has 0 aliphatic heterocycles. The van der Waals surface area contributed by atoms with Crippen molar-refractivity contribution in [2.45, 2.75) is 43.2 Å². The minimum absolute atomic E-state index is 0.263. The second kappa shape index (κ2) is 10.4. The van der Waals surface area contributed by atoms with Gasteiger partial charge in [0.05, 0.1) is 0 Å². The van der Waals surface area contributed by atoms with E-state index in [1.807, 2.05) is 56.3 Å². The quantitative estimate of drug-likeness (QED) is 0.348. The normalized spacial score (nSPS) is 10.8. The molecule has 3 aromatic heterocycles. The van der Waals surface area contributed by atoms with Gasteiger partial charge in [-0.1, -0.05) is 25.1 Å². The van der Waals surface area contributed by atoms with Crippen LogP contribution in [0.25, 0.3) is 11.5 Å². The zero-order chi connectivity index (χ0) is 22.3. The summed E-state index contributed by atoms with van der Waals surface area (Å²) < 4.78 is 0. The van der Waals surface area contributed by atoms with Gasteiger partial charge in [-0.3, -0.25) is 15.1 Å². The molecule has 1 N–H and O–H groups in total. The van der Waals surface area contributed by atoms with Gasteiger partial charge in [0.25, 0.3) is 0 Å². The summed E-state index contributed by atoms with van der Waals surface area (Å²) in [6, 6.07) is 13.5. The summed E-state index contributed by atoms with van der Waals surface area (Å²) in [4.78, 5) is 36.4. The number of nitrogens with one attached hydrogen (secondary N) is 1. The summed E-state index contributed by atoms with van der Waals surface area (Å²) in [6.45, 7) is 4.01. The molecule has 0 radical (unpaired) electrons. The number of hydrogen-bond donors (Lipinski definition) is 1. The van der Waals surface area contributed by atoms with Crippen molar-refractivity contribution >= 4 is 40.0 Å². The first-order valence-corrected chi connectivity index (χ1v) is 11.9. The van der Waals surface area contributed by atoms with Crippen molar-refractivity contribution < 1.29 is 4.79 Å². The molecule has 0 fully saturated rings. The van der Waals surface area contributed by atoms with E-state index in [-0.39, 0.29) is 5.78 Å². The highest BCUT2D eigenvalue weighted by Crippen LogP contribution is 2.28. The highest BCUT2D eigenvalue weighted by atomic mass is 32.2. The van der Waals surface area contributed by atoms with Crippen LogP contribution in [-0.4, -0.2) is 30.7 Å². The van der Waals surface area contributed by atoms with Crippen LogP contribution in [0.4, 0.5) is 11.1 Å². The highest BCUT2D eigenvalue weighted by Gasteiger charge is 2.12. The number of carbonyl (C=O) groups excluding carboxylic acids is 1. The highest BCUT2D eigenvalue weighted by molar-refractivity contribution is 7.99. The van der Waals surface area contributed by atoms with Crippen LogP contribution < -0.4 is 5.32 Å². The lowest BCUT2D eigenvalue weighted by Gasteiger charge is -2.08. The van der Waals surface area contributed by atoms with E-state index >= 15 is 0 Å². The van der Waals surface area contributed by atoms with Gasteiger partial charge in [-0.05, 0) is 54.9 Å². The molecule has 32 heavy (non-hydrogen) atoms. The van der Waals surface area contributed by atoms with Gasteiger partial charge in [-0.25, -0.2) is 9.97 Å². The number of rotatable bonds is 9. The molecule has 4 aromatic rings. The topological polar surface area (TPSA) is 93.6 Å². The summed E-state index contributed by atoms with van der Waals surface area (Å²) in [5.74, 6) is 1.17. The van der Waals surface area contributed by atoms with Crippen LogP contribution >= 0.6 is 23.1 Å². The summed E-state index contributed by atoms with van der Waals surface area (Å²) in [5, 5.41) is 4.44. The number of pyridine rings is 1. The molecule has 0 aliphatic carbocycles. The lowest BCUT2D eigenvalue weighted by molar-refractivity contribution is -0.118. The van der Waals surface area contributed by atoms with Gasteiger partial charge in [0.15, 0.2) is 16.1 Å². The van der Waals surface area contributed by atoms with E-state index in [4.69, 9.17) is 0 Å². The fraction of sp³-hybridized carbons (Fsp3) is 0.217. The average molecular weight is 463 g/mol. The van der Waals surface area contributed by atoms with Crippen LogP contribution in [0.1, 0.15) is 30.2 Å². The van der Waals surface area contributed by atoms with Gasteiger partial charge in [0.2, 0.25) is 5.95 Å². The number of benzene rings is 1. The Morgan fingerprint density at radius 3 is 2.59 bits per heavy atom. The Kier molecular flexibility index (Phi) is 7.18. The smallest absolute Gasteiger partial charge is 0.233 e. The molecule has 3 heterocycles. The van der Waals surface area contributed by atoms with Crippen molar-refractivity contribution in [1.82, 2.24) is 24.9 Å². The van der Waals surface area contributed by atoms with Crippen LogP contribution in [0, 0.1) is 6.92 Å². The molecule has 0 saturated carbocycles. The Balaban J connectivity index is 1.58. The second-order valence-electron chi connectivity index (χ2n) is 7.09. The van der Waals surface area contributed by atoms with Crippen molar-refractivity contribution in [3.05, 3.63) is 65.3 Å². The number of Topliss-reactive ketones (excluding diaryl/α,β-unsaturated/α-hetero) is 1. The predicted molar refractivity (Wildman–Crippen MR) is 127 cm³/mol. The molecular weight excluding hydrogens is 440 g/mol. The first-order chi connectivity index (χ1) is 15.6. The Labute approximate surface area is 194 Å². The molecule has 1 aromatic carbocycles. The molecule has 0 bridgehead atoms. The van der Waals surface area contributed by atoms with E-state index in [1.165, 1.54) is 23.1 Å². The summed E-state index contributed by atoms with van der Waals surface area (Å²) >= 11 is 2.96. The molecule has 162 valence electrons. The summed E-state index contributed by atoms with van der Waals surface area (Å²) in [5.41, 5.74) is 1.68. The molecule has 9 heteroatoms. The first kappa shape index (κ1) is 22.0. The summed E-state index contributed by atoms with van der Waals surface area (Å²) in [7, 11) is 0. The summed E-state index contributed by atoms with van der Waals surface area (Å²) in [6.07, 6.45) is 5.47. The van der Waals surface area contributed by atoms with Gasteiger partial charge in [0.1, 0.15) is 11.5 Å². The third kappa shape index (κ3) is 5.95. The minimum atomic E-state index is 0.263. The van der Waals surface area contributed by atoms with Crippen molar-refractivity contribution in [3.63, 3.8) is 0 Å². The minimum Gasteiger partial charge on any atom is -0.300 e. The molecule has 7 nitrogen and oxygen atoms in total. The van der Waals surface area contributed by atoms with Gasteiger partial charge < -0.3 is 0 Å². The van der Waals surface area contributed by atoms with Crippen LogP contribution in [0.2, 0.25) is 0 Å². The van der Waals surface area contributed by atoms with Crippen molar-refractivity contribution in [2.24, 2.45) is 0 Å². The lowest BCUT2D eigenvalue weighted by atomic mass is 10.1. The largest absolute Gasteiger partial charge is 0.300 e. The third-order valence-electron chi connectivity index (χ3n) is 4.41. The Morgan fingerprint density at radius 2 is 1.91 bits per heavy atom. The third-order valence-corrected chi connectivity index (χ3v) is 6.11. The number of anilines is 2. The lowest BCUT2D eigenvalue weighted by Crippen LogP contribution is -2.03. The molecule has 0 unspecified atom stereocenters. The van der Waals surface area contributed by atoms with E-state index in [0.29, 0.717) is 35.5 Å². The van der Waals surface area contributed by atoms with Gasteiger partial charge >= 0.3 is 0 Å². The van der Waals surface area contributed by atoms with Crippen molar-refractivity contribution in [1.29, 1.82) is 0 Å². The Morgan fingerprint density at radius 1 is 1.06 bits per heavy atom. The molecule has 0 spiro atoms. The van der Waals surface area contributed by atoms with Gasteiger partial charge in [0, 0.05) is 35.0 Å². The van der Waals surface area contributed by atoms with Crippen LogP contribution in [0.5, 0.6) is 0 Å². The first-order valence-electron chi connectivity index (χ1n) is 10.2. The molecule has 0 aliphatic rings. The van der Waals surface area contributed by atoms with E-state index < -0.39 is 0 Å². The number of nitrogens with zero attached hydrogens (tertiary/aromatic N) is 5. The van der Waals surface area contributed by atoms with Crippen LogP contribution in [0.3, 0.4) is 0 Å². The van der Waals surface area contributed by atoms with E-state index in [9.17, 15) is 4.79 Å². The number of ketones is 1. The molecular formula is C23H22N6OS2. The van der Waals surface area contributed by atoms with E-state index in [1.54, 1.807) is 12.4 Å². The Hall–Kier alpha value is -3.17. The zero-order valence-electron chi connectivity index (χ0n) is 17.8. The number of aromatic nitrogens is 5. The monoisotopic (exact) mass is 462 g/mol. The molecule has 0 amide bonds. The maximum atomic E-state index is 11.9. The molecule has 4 rings (SSSR count). The number of carbonyl (C=O) groups is 1. The maximum Gasteiger partial charge on any atom is 0.233 e. The zero-order valence-corrected chi connectivity index (χ0v) is 19.4. The standard InChI is InChI=1S/C23H22N6OS2/c1-3-6-17(30)13-16-8-10-18(11-9-16)32-23-27-20(19-7-4-5-12-24-19)26-21(29-23)28-22-25-14-15(2)31-22/h4-5,7-12,14H,3,6,13H2,1-2H3,(H,25,26,27,28,29). The van der Waals surface area contributed by atoms with Crippen LogP contribution in [0.15, 0.2) is 64.9 Å². The van der Waals surface area contributed by atoms with Gasteiger partial charge in [-0.2, -0.15) is 9.97 Å². The Bertz CT molecular complexity index is 1190. The van der Waals surface area contributed by atoms with Crippen molar-refractivity contribution in [2.75, 3.05) is 5.32 Å². The van der Waals surface area contributed by atoms with E-state index in [2.05, 4.69) is 30.2 Å². The van der Waals surface area contributed by atoms with E-state index in [0.717, 1.165) is 26.9 Å². The molecule has 0 saturated heterocycles. The number of thiazole rings is 1. The predicted octanol–water partition coefficient (Wildman–Crippen LogP) is 5.51. The molecule has 0 atom stereocenters. The number of aryl methyl sites for hydroxylation is 1. The second-order valence-corrected chi connectivity index (χ2v) is 9.37. The maximum absolute atomic E-state index is 11.9. The van der Waals surface area contributed by atoms with Crippen molar-refractivity contribution in [3.8, 4) is 11.5 Å². The SMILES string of the molecule is CCCC(=O)Cc1ccc(Sc2nc(Nc3ncc(C)s3)nc(-c3ccccn3)n2)cc1. The number of hydrogen-bond acceptors (Lipinski definition) is 9. The van der Waals surface area contributed by atoms with Crippen LogP contribution in [-0.2, 0) is 11.2 Å². The fourth-order valence-electron chi connectivity index (χ4n) is 2.95. The fourth-order valence-corrected chi connectivity index (χ4v) is 4.36. The average Bonchev–Trinajstić information content (AvgIpc) is 3.20.